The van der Waals surface area contributed by atoms with Crippen molar-refractivity contribution in [3.63, 3.8) is 0 Å². The van der Waals surface area contributed by atoms with Crippen LogP contribution in [0.4, 0.5) is 5.13 Å². The molecule has 2 unspecified atom stereocenters. The standard InChI is InChI=1S/C12H21N3S/c1-4-8(2)7-9(3)13-12-14-11(15-16-12)10-5-6-10/h8-10H,4-7H2,1-3H3,(H,13,14,15). The molecule has 0 aliphatic heterocycles. The fraction of sp³-hybridized carbons (Fsp3) is 0.833. The van der Waals surface area contributed by atoms with Gasteiger partial charge in [-0.1, -0.05) is 20.3 Å². The van der Waals surface area contributed by atoms with Crippen LogP contribution in [0.5, 0.6) is 0 Å². The van der Waals surface area contributed by atoms with Gasteiger partial charge in [-0.2, -0.15) is 4.37 Å². The average Bonchev–Trinajstić information content (AvgIpc) is 3.00. The highest BCUT2D eigenvalue weighted by Crippen LogP contribution is 2.39. The highest BCUT2D eigenvalue weighted by atomic mass is 32.1. The van der Waals surface area contributed by atoms with Crippen LogP contribution in [0.3, 0.4) is 0 Å². The molecule has 1 aromatic rings. The number of rotatable bonds is 6. The van der Waals surface area contributed by atoms with Gasteiger partial charge in [-0.3, -0.25) is 0 Å². The Hall–Kier alpha value is -0.640. The molecule has 1 aliphatic rings. The van der Waals surface area contributed by atoms with Crippen molar-refractivity contribution in [3.8, 4) is 0 Å². The molecular weight excluding hydrogens is 218 g/mol. The molecular formula is C12H21N3S. The van der Waals surface area contributed by atoms with Crippen molar-refractivity contribution >= 4 is 16.7 Å². The summed E-state index contributed by atoms with van der Waals surface area (Å²) in [6.45, 7) is 6.77. The lowest BCUT2D eigenvalue weighted by atomic mass is 10.0. The summed E-state index contributed by atoms with van der Waals surface area (Å²) in [7, 11) is 0. The summed E-state index contributed by atoms with van der Waals surface area (Å²) >= 11 is 1.51. The van der Waals surface area contributed by atoms with Gasteiger partial charge in [0.15, 0.2) is 0 Å². The zero-order valence-corrected chi connectivity index (χ0v) is 11.2. The number of anilines is 1. The van der Waals surface area contributed by atoms with Gasteiger partial charge in [0.25, 0.3) is 0 Å². The van der Waals surface area contributed by atoms with Gasteiger partial charge in [0, 0.05) is 23.5 Å². The maximum Gasteiger partial charge on any atom is 0.202 e. The van der Waals surface area contributed by atoms with Crippen LogP contribution in [0.15, 0.2) is 0 Å². The van der Waals surface area contributed by atoms with Crippen LogP contribution in [-0.2, 0) is 0 Å². The molecule has 1 N–H and O–H groups in total. The monoisotopic (exact) mass is 239 g/mol. The minimum atomic E-state index is 0.495. The molecule has 0 saturated heterocycles. The molecule has 0 amide bonds. The molecule has 0 spiro atoms. The smallest absolute Gasteiger partial charge is 0.202 e. The zero-order chi connectivity index (χ0) is 11.5. The lowest BCUT2D eigenvalue weighted by molar-refractivity contribution is 0.483. The Morgan fingerprint density at radius 2 is 2.19 bits per heavy atom. The van der Waals surface area contributed by atoms with Crippen molar-refractivity contribution in [2.75, 3.05) is 5.32 Å². The molecule has 90 valence electrons. The Morgan fingerprint density at radius 3 is 2.81 bits per heavy atom. The minimum absolute atomic E-state index is 0.495. The lowest BCUT2D eigenvalue weighted by Crippen LogP contribution is -2.18. The van der Waals surface area contributed by atoms with Crippen molar-refractivity contribution in [2.45, 2.75) is 58.4 Å². The van der Waals surface area contributed by atoms with E-state index in [1.165, 1.54) is 37.2 Å². The van der Waals surface area contributed by atoms with E-state index in [1.54, 1.807) is 0 Å². The third-order valence-electron chi connectivity index (χ3n) is 3.21. The molecule has 1 heterocycles. The van der Waals surface area contributed by atoms with E-state index in [-0.39, 0.29) is 0 Å². The molecule has 1 fully saturated rings. The van der Waals surface area contributed by atoms with Gasteiger partial charge in [-0.05, 0) is 32.1 Å². The molecule has 1 aromatic heterocycles. The van der Waals surface area contributed by atoms with E-state index in [0.29, 0.717) is 12.0 Å². The van der Waals surface area contributed by atoms with Gasteiger partial charge < -0.3 is 5.32 Å². The molecule has 16 heavy (non-hydrogen) atoms. The number of hydrogen-bond acceptors (Lipinski definition) is 4. The second-order valence-corrected chi connectivity index (χ2v) is 5.78. The molecule has 1 aliphatic carbocycles. The summed E-state index contributed by atoms with van der Waals surface area (Å²) in [4.78, 5) is 4.54. The fourth-order valence-electron chi connectivity index (χ4n) is 1.84. The van der Waals surface area contributed by atoms with Crippen molar-refractivity contribution in [2.24, 2.45) is 5.92 Å². The summed E-state index contributed by atoms with van der Waals surface area (Å²) in [5.74, 6) is 2.50. The first kappa shape index (κ1) is 11.8. The van der Waals surface area contributed by atoms with Gasteiger partial charge in [0.1, 0.15) is 5.82 Å². The number of hydrogen-bond donors (Lipinski definition) is 1. The molecule has 0 radical (unpaired) electrons. The second-order valence-electron chi connectivity index (χ2n) is 5.03. The number of nitrogens with zero attached hydrogens (tertiary/aromatic N) is 2. The Kier molecular flexibility index (Phi) is 3.79. The average molecular weight is 239 g/mol. The van der Waals surface area contributed by atoms with E-state index in [1.807, 2.05) is 0 Å². The summed E-state index contributed by atoms with van der Waals surface area (Å²) < 4.78 is 4.40. The Bertz CT molecular complexity index is 333. The van der Waals surface area contributed by atoms with Gasteiger partial charge in [0.05, 0.1) is 0 Å². The van der Waals surface area contributed by atoms with Crippen LogP contribution in [0.25, 0.3) is 0 Å². The quantitative estimate of drug-likeness (QED) is 0.823. The van der Waals surface area contributed by atoms with Crippen LogP contribution in [-0.4, -0.2) is 15.4 Å². The highest BCUT2D eigenvalue weighted by Gasteiger charge is 2.27. The van der Waals surface area contributed by atoms with Crippen LogP contribution in [0.2, 0.25) is 0 Å². The molecule has 0 bridgehead atoms. The zero-order valence-electron chi connectivity index (χ0n) is 10.4. The van der Waals surface area contributed by atoms with Gasteiger partial charge in [-0.15, -0.1) is 0 Å². The van der Waals surface area contributed by atoms with Crippen molar-refractivity contribution in [1.29, 1.82) is 0 Å². The topological polar surface area (TPSA) is 37.8 Å². The Labute approximate surface area is 102 Å². The number of aromatic nitrogens is 2. The minimum Gasteiger partial charge on any atom is -0.358 e. The van der Waals surface area contributed by atoms with Crippen molar-refractivity contribution in [1.82, 2.24) is 9.36 Å². The second kappa shape index (κ2) is 5.13. The van der Waals surface area contributed by atoms with Crippen molar-refractivity contribution in [3.05, 3.63) is 5.82 Å². The summed E-state index contributed by atoms with van der Waals surface area (Å²) in [5, 5.41) is 4.45. The molecule has 2 rings (SSSR count). The van der Waals surface area contributed by atoms with Crippen LogP contribution in [0, 0.1) is 5.92 Å². The largest absolute Gasteiger partial charge is 0.358 e. The maximum atomic E-state index is 4.54. The van der Waals surface area contributed by atoms with Crippen LogP contribution >= 0.6 is 11.5 Å². The van der Waals surface area contributed by atoms with E-state index in [0.717, 1.165) is 16.9 Å². The van der Waals surface area contributed by atoms with E-state index in [4.69, 9.17) is 0 Å². The van der Waals surface area contributed by atoms with Crippen LogP contribution in [0.1, 0.15) is 58.2 Å². The molecule has 0 aromatic carbocycles. The van der Waals surface area contributed by atoms with Crippen LogP contribution < -0.4 is 5.32 Å². The highest BCUT2D eigenvalue weighted by molar-refractivity contribution is 7.09. The molecule has 4 heteroatoms. The summed E-state index contributed by atoms with van der Waals surface area (Å²) in [5.41, 5.74) is 0. The summed E-state index contributed by atoms with van der Waals surface area (Å²) in [6.07, 6.45) is 5.00. The molecule has 1 saturated carbocycles. The number of nitrogens with one attached hydrogen (secondary N) is 1. The van der Waals surface area contributed by atoms with Crippen molar-refractivity contribution < 1.29 is 0 Å². The maximum absolute atomic E-state index is 4.54. The summed E-state index contributed by atoms with van der Waals surface area (Å²) in [6, 6.07) is 0.495. The molecule has 2 atom stereocenters. The van der Waals surface area contributed by atoms with Gasteiger partial charge in [0.2, 0.25) is 5.13 Å². The third kappa shape index (κ3) is 3.17. The first-order valence-corrected chi connectivity index (χ1v) is 7.06. The van der Waals surface area contributed by atoms with E-state index in [2.05, 4.69) is 35.4 Å². The van der Waals surface area contributed by atoms with Gasteiger partial charge in [-0.25, -0.2) is 4.98 Å². The Balaban J connectivity index is 1.82. The Morgan fingerprint density at radius 1 is 1.44 bits per heavy atom. The molecule has 3 nitrogen and oxygen atoms in total. The predicted octanol–water partition coefficient (Wildman–Crippen LogP) is 3.65. The third-order valence-corrected chi connectivity index (χ3v) is 3.87. The van der Waals surface area contributed by atoms with Gasteiger partial charge >= 0.3 is 0 Å². The normalized spacial score (nSPS) is 19.4. The first-order valence-electron chi connectivity index (χ1n) is 6.29. The van der Waals surface area contributed by atoms with E-state index in [9.17, 15) is 0 Å². The predicted molar refractivity (Wildman–Crippen MR) is 69.0 cm³/mol. The van der Waals surface area contributed by atoms with E-state index < -0.39 is 0 Å². The lowest BCUT2D eigenvalue weighted by Gasteiger charge is -2.16. The fourth-order valence-corrected chi connectivity index (χ4v) is 2.60. The van der Waals surface area contributed by atoms with E-state index >= 15 is 0 Å². The first-order chi connectivity index (χ1) is 7.69. The SMILES string of the molecule is CCC(C)CC(C)Nc1nc(C2CC2)ns1.